The lowest BCUT2D eigenvalue weighted by atomic mass is 9.84. The van der Waals surface area contributed by atoms with Crippen molar-refractivity contribution in [1.82, 2.24) is 19.2 Å². The minimum absolute atomic E-state index is 0.170. The van der Waals surface area contributed by atoms with Crippen LogP contribution < -0.4 is 10.2 Å². The van der Waals surface area contributed by atoms with Crippen LogP contribution in [0.1, 0.15) is 50.0 Å². The smallest absolute Gasteiger partial charge is 0.335 e. The molecule has 1 saturated heterocycles. The normalized spacial score (nSPS) is 21.2. The summed E-state index contributed by atoms with van der Waals surface area (Å²) in [7, 11) is -3.86. The molecule has 0 spiro atoms. The summed E-state index contributed by atoms with van der Waals surface area (Å²) in [5, 5.41) is 2.78. The van der Waals surface area contributed by atoms with Gasteiger partial charge in [-0.3, -0.25) is 4.90 Å². The number of nitrogens with one attached hydrogen (secondary N) is 1. The van der Waals surface area contributed by atoms with E-state index in [9.17, 15) is 13.2 Å². The summed E-state index contributed by atoms with van der Waals surface area (Å²) in [5.41, 5.74) is 1.46. The third-order valence-corrected chi connectivity index (χ3v) is 8.98. The average molecular weight is 485 g/mol. The van der Waals surface area contributed by atoms with Crippen molar-refractivity contribution >= 4 is 27.7 Å². The van der Waals surface area contributed by atoms with Gasteiger partial charge >= 0.3 is 6.03 Å². The fourth-order valence-electron chi connectivity index (χ4n) is 5.24. The number of rotatable bonds is 6. The molecule has 1 N–H and O–H groups in total. The van der Waals surface area contributed by atoms with Gasteiger partial charge in [-0.25, -0.2) is 27.5 Å². The van der Waals surface area contributed by atoms with Crippen LogP contribution in [0.25, 0.3) is 0 Å². The Morgan fingerprint density at radius 1 is 0.971 bits per heavy atom. The molecule has 3 heterocycles. The zero-order valence-corrected chi connectivity index (χ0v) is 20.2. The van der Waals surface area contributed by atoms with Crippen molar-refractivity contribution in [2.45, 2.75) is 49.3 Å². The molecule has 0 bridgehead atoms. The van der Waals surface area contributed by atoms with Crippen molar-refractivity contribution in [2.75, 3.05) is 49.5 Å². The summed E-state index contributed by atoms with van der Waals surface area (Å²) in [6.45, 7) is 4.25. The van der Waals surface area contributed by atoms with E-state index in [4.69, 9.17) is 0 Å². The van der Waals surface area contributed by atoms with Crippen LogP contribution in [0, 0.1) is 0 Å². The van der Waals surface area contributed by atoms with Crippen LogP contribution in [-0.2, 0) is 10.0 Å². The molecule has 2 aromatic rings. The topological polar surface area (TPSA) is 98.7 Å². The molecule has 0 atom stereocenters. The molecule has 2 aliphatic heterocycles. The van der Waals surface area contributed by atoms with E-state index in [1.54, 1.807) is 30.6 Å². The van der Waals surface area contributed by atoms with Crippen molar-refractivity contribution in [1.29, 1.82) is 0 Å². The Balaban J connectivity index is 1.19. The van der Waals surface area contributed by atoms with Gasteiger partial charge in [0.15, 0.2) is 0 Å². The molecular weight excluding hydrogens is 452 g/mol. The lowest BCUT2D eigenvalue weighted by Gasteiger charge is -2.35. The highest BCUT2D eigenvalue weighted by Crippen LogP contribution is 2.37. The van der Waals surface area contributed by atoms with E-state index in [2.05, 4.69) is 25.1 Å². The first-order valence-electron chi connectivity index (χ1n) is 12.2. The van der Waals surface area contributed by atoms with Crippen LogP contribution in [0.5, 0.6) is 0 Å². The number of carbonyl (C=O) groups is 1. The second kappa shape index (κ2) is 9.87. The maximum absolute atomic E-state index is 13.4. The van der Waals surface area contributed by atoms with Crippen LogP contribution in [0.4, 0.5) is 16.4 Å². The molecule has 3 aliphatic rings. The number of sulfonamides is 1. The summed E-state index contributed by atoms with van der Waals surface area (Å²) in [6.07, 6.45) is 9.89. The van der Waals surface area contributed by atoms with E-state index in [0.29, 0.717) is 18.0 Å². The Kier molecular flexibility index (Phi) is 6.69. The first-order valence-corrected chi connectivity index (χ1v) is 13.7. The second-order valence-corrected chi connectivity index (χ2v) is 11.2. The van der Waals surface area contributed by atoms with Gasteiger partial charge in [-0.1, -0.05) is 25.3 Å². The van der Waals surface area contributed by atoms with E-state index in [-0.39, 0.29) is 11.4 Å². The SMILES string of the molecule is O=C1Nc2ccc(C3CCCCC3)cc2S(=O)(=O)N1CCCN1CCN(c2ncccn2)CC1. The van der Waals surface area contributed by atoms with Crippen molar-refractivity contribution in [3.63, 3.8) is 0 Å². The number of carbonyl (C=O) groups excluding carboxylic acids is 1. The maximum atomic E-state index is 13.4. The van der Waals surface area contributed by atoms with Crippen molar-refractivity contribution in [2.24, 2.45) is 0 Å². The average Bonchev–Trinajstić information content (AvgIpc) is 2.87. The van der Waals surface area contributed by atoms with Gasteiger partial charge in [0.2, 0.25) is 5.95 Å². The van der Waals surface area contributed by atoms with Crippen molar-refractivity contribution < 1.29 is 13.2 Å². The Morgan fingerprint density at radius 3 is 2.44 bits per heavy atom. The summed E-state index contributed by atoms with van der Waals surface area (Å²) < 4.78 is 27.7. The monoisotopic (exact) mass is 484 g/mol. The molecule has 1 aromatic carbocycles. The zero-order chi connectivity index (χ0) is 23.5. The lowest BCUT2D eigenvalue weighted by Crippen LogP contribution is -2.48. The summed E-state index contributed by atoms with van der Waals surface area (Å²) in [6, 6.07) is 6.75. The fraction of sp³-hybridized carbons (Fsp3) is 0.542. The highest BCUT2D eigenvalue weighted by molar-refractivity contribution is 7.90. The lowest BCUT2D eigenvalue weighted by molar-refractivity contribution is 0.225. The fourth-order valence-corrected chi connectivity index (χ4v) is 6.79. The van der Waals surface area contributed by atoms with Gasteiger partial charge in [-0.05, 0) is 48.9 Å². The Hall–Kier alpha value is -2.72. The number of nitrogens with zero attached hydrogens (tertiary/aromatic N) is 5. The van der Waals surface area contributed by atoms with Crippen molar-refractivity contribution in [3.05, 3.63) is 42.2 Å². The van der Waals surface area contributed by atoms with Crippen LogP contribution in [0.2, 0.25) is 0 Å². The second-order valence-electron chi connectivity index (χ2n) is 9.33. The minimum Gasteiger partial charge on any atom is -0.338 e. The number of anilines is 2. The van der Waals surface area contributed by atoms with Gasteiger partial charge in [0.1, 0.15) is 4.90 Å². The third kappa shape index (κ3) is 4.74. The first-order chi connectivity index (χ1) is 16.5. The molecule has 182 valence electrons. The van der Waals surface area contributed by atoms with Gasteiger partial charge < -0.3 is 10.2 Å². The van der Waals surface area contributed by atoms with E-state index in [1.807, 2.05) is 6.07 Å². The molecule has 5 rings (SSSR count). The largest absolute Gasteiger partial charge is 0.338 e. The molecule has 1 aromatic heterocycles. The minimum atomic E-state index is -3.86. The van der Waals surface area contributed by atoms with Gasteiger partial charge in [-0.15, -0.1) is 0 Å². The molecular formula is C24H32N6O3S. The summed E-state index contributed by atoms with van der Waals surface area (Å²) in [5.74, 6) is 1.14. The third-order valence-electron chi connectivity index (χ3n) is 7.16. The predicted octanol–water partition coefficient (Wildman–Crippen LogP) is 3.27. The summed E-state index contributed by atoms with van der Waals surface area (Å²) in [4.78, 5) is 25.9. The Morgan fingerprint density at radius 2 is 1.71 bits per heavy atom. The maximum Gasteiger partial charge on any atom is 0.335 e. The number of amides is 2. The highest BCUT2D eigenvalue weighted by atomic mass is 32.2. The Bertz CT molecular complexity index is 1110. The van der Waals surface area contributed by atoms with E-state index in [1.165, 1.54) is 19.3 Å². The van der Waals surface area contributed by atoms with Gasteiger partial charge in [0.25, 0.3) is 10.0 Å². The highest BCUT2D eigenvalue weighted by Gasteiger charge is 2.37. The number of fused-ring (bicyclic) bond motifs is 1. The number of hydrogen-bond donors (Lipinski definition) is 1. The molecule has 1 saturated carbocycles. The first kappa shape index (κ1) is 23.0. The van der Waals surface area contributed by atoms with Crippen LogP contribution in [0.15, 0.2) is 41.6 Å². The van der Waals surface area contributed by atoms with Crippen LogP contribution in [0.3, 0.4) is 0 Å². The predicted molar refractivity (Wildman–Crippen MR) is 130 cm³/mol. The van der Waals surface area contributed by atoms with E-state index < -0.39 is 16.1 Å². The van der Waals surface area contributed by atoms with Crippen LogP contribution in [-0.4, -0.2) is 72.9 Å². The van der Waals surface area contributed by atoms with E-state index >= 15 is 0 Å². The molecule has 2 amide bonds. The molecule has 9 nitrogen and oxygen atoms in total. The number of piperazine rings is 1. The molecule has 34 heavy (non-hydrogen) atoms. The number of urea groups is 1. The van der Waals surface area contributed by atoms with Gasteiger partial charge in [0.05, 0.1) is 5.69 Å². The Labute approximate surface area is 201 Å². The molecule has 0 radical (unpaired) electrons. The zero-order valence-electron chi connectivity index (χ0n) is 19.4. The van der Waals surface area contributed by atoms with Crippen LogP contribution >= 0.6 is 0 Å². The number of hydrogen-bond acceptors (Lipinski definition) is 7. The van der Waals surface area contributed by atoms with Crippen molar-refractivity contribution in [3.8, 4) is 0 Å². The standard InChI is InChI=1S/C24H32N6O3S/c31-24-27-21-9-8-20(19-6-2-1-3-7-19)18-22(21)34(32,33)30(24)13-5-12-28-14-16-29(17-15-28)23-25-10-4-11-26-23/h4,8-11,18-19H,1-3,5-7,12-17H2,(H,27,31). The molecule has 0 unspecified atom stereocenters. The van der Waals surface area contributed by atoms with E-state index in [0.717, 1.165) is 61.4 Å². The quantitative estimate of drug-likeness (QED) is 0.672. The number of benzene rings is 1. The summed E-state index contributed by atoms with van der Waals surface area (Å²) >= 11 is 0. The molecule has 2 fully saturated rings. The van der Waals surface area contributed by atoms with Gasteiger partial charge in [0, 0.05) is 51.7 Å². The molecule has 10 heteroatoms. The van der Waals surface area contributed by atoms with Gasteiger partial charge in [-0.2, -0.15) is 0 Å². The molecule has 1 aliphatic carbocycles. The number of aromatic nitrogens is 2.